The standard InChI is InChI=1S/C39H38F2N8O5/c40-24-13-30(36(51)31(41)14-24)32-17-34-37(45-44-32)42-18-26-15-28(21-48(26)34)54-27-5-1-22(2-6-27)19-46-9-11-47(12-10-46)25-4-3-23-20-49(39(53)29(23)16-25)33-7-8-35(50)43-38(33)52/h1-6,13-14,16-17,26,28,33,51H,7-12,15,18-21H2,(H,42,45)(H,43,50,52)/t26-,28-,33?/m1/s1. The molecule has 15 heteroatoms. The van der Waals surface area contributed by atoms with Crippen molar-refractivity contribution in [1.29, 1.82) is 0 Å². The molecular formula is C39H38F2N8O5. The molecule has 278 valence electrons. The van der Waals surface area contributed by atoms with Crippen LogP contribution in [-0.2, 0) is 22.7 Å². The SMILES string of the molecule is O=C1CCC(N2Cc3ccc(N4CCN(Cc5ccc(O[C@@H]6C[C@@H]7CNc8nnc(-c9cc(F)cc(F)c9O)cc8N7C6)cc5)CC4)cc3C2=O)C(=O)N1. The third kappa shape index (κ3) is 6.31. The largest absolute Gasteiger partial charge is 0.504 e. The van der Waals surface area contributed by atoms with Crippen molar-refractivity contribution < 1.29 is 33.0 Å². The van der Waals surface area contributed by atoms with E-state index in [1.807, 2.05) is 30.3 Å². The molecule has 3 fully saturated rings. The molecule has 9 rings (SSSR count). The molecule has 0 bridgehead atoms. The van der Waals surface area contributed by atoms with Crippen molar-refractivity contribution in [2.24, 2.45) is 0 Å². The predicted molar refractivity (Wildman–Crippen MR) is 194 cm³/mol. The Hall–Kier alpha value is -5.83. The number of carbonyl (C=O) groups is 3. The van der Waals surface area contributed by atoms with Crippen LogP contribution in [0.2, 0.25) is 0 Å². The molecule has 6 heterocycles. The Morgan fingerprint density at radius 3 is 2.52 bits per heavy atom. The molecule has 0 spiro atoms. The van der Waals surface area contributed by atoms with Crippen LogP contribution < -0.4 is 25.2 Å². The van der Waals surface area contributed by atoms with Crippen LogP contribution >= 0.6 is 0 Å². The number of amides is 3. The minimum atomic E-state index is -1.06. The van der Waals surface area contributed by atoms with Crippen molar-refractivity contribution >= 4 is 34.9 Å². The molecule has 3 amide bonds. The summed E-state index contributed by atoms with van der Waals surface area (Å²) in [6.07, 6.45) is 1.26. The van der Waals surface area contributed by atoms with E-state index in [1.165, 1.54) is 5.56 Å². The van der Waals surface area contributed by atoms with E-state index in [2.05, 4.69) is 47.7 Å². The van der Waals surface area contributed by atoms with Crippen molar-refractivity contribution in [2.75, 3.05) is 54.4 Å². The van der Waals surface area contributed by atoms with Gasteiger partial charge in [-0.1, -0.05) is 18.2 Å². The maximum Gasteiger partial charge on any atom is 0.255 e. The smallest absolute Gasteiger partial charge is 0.255 e. The number of nitrogens with zero attached hydrogens (tertiary/aromatic N) is 6. The van der Waals surface area contributed by atoms with Gasteiger partial charge in [-0.15, -0.1) is 10.2 Å². The van der Waals surface area contributed by atoms with E-state index in [9.17, 15) is 28.3 Å². The van der Waals surface area contributed by atoms with Crippen LogP contribution in [0.1, 0.15) is 40.7 Å². The molecule has 3 saturated heterocycles. The maximum atomic E-state index is 14.1. The first-order valence-corrected chi connectivity index (χ1v) is 18.2. The Bertz CT molecular complexity index is 2160. The number of piperidine rings is 1. The molecule has 1 aromatic heterocycles. The Kier molecular flexibility index (Phi) is 8.52. The molecule has 0 radical (unpaired) electrons. The molecule has 3 atom stereocenters. The van der Waals surface area contributed by atoms with E-state index in [-0.39, 0.29) is 41.6 Å². The highest BCUT2D eigenvalue weighted by Gasteiger charge is 2.40. The van der Waals surface area contributed by atoms with Gasteiger partial charge in [-0.25, -0.2) is 8.78 Å². The van der Waals surface area contributed by atoms with Crippen LogP contribution in [0.3, 0.4) is 0 Å². The third-order valence-electron chi connectivity index (χ3n) is 11.2. The second-order valence-electron chi connectivity index (χ2n) is 14.6. The molecule has 3 N–H and O–H groups in total. The summed E-state index contributed by atoms with van der Waals surface area (Å²) in [6.45, 7) is 5.77. The van der Waals surface area contributed by atoms with Gasteiger partial charge in [0.1, 0.15) is 23.7 Å². The lowest BCUT2D eigenvalue weighted by atomic mass is 10.0. The number of aromatic hydroxyl groups is 1. The van der Waals surface area contributed by atoms with Gasteiger partial charge in [0, 0.05) is 81.5 Å². The fourth-order valence-electron chi connectivity index (χ4n) is 8.31. The number of phenolic OH excluding ortho intramolecular Hbond substituents is 1. The lowest BCUT2D eigenvalue weighted by Crippen LogP contribution is -2.52. The van der Waals surface area contributed by atoms with Crippen LogP contribution in [0.15, 0.2) is 60.7 Å². The number of benzene rings is 3. The quantitative estimate of drug-likeness (QED) is 0.239. The molecule has 5 aliphatic heterocycles. The minimum absolute atomic E-state index is 0.0581. The number of piperazine rings is 1. The highest BCUT2D eigenvalue weighted by atomic mass is 19.1. The number of phenols is 1. The van der Waals surface area contributed by atoms with Gasteiger partial charge in [0.25, 0.3) is 5.91 Å². The van der Waals surface area contributed by atoms with Crippen LogP contribution in [0.4, 0.5) is 26.0 Å². The summed E-state index contributed by atoms with van der Waals surface area (Å²) in [4.78, 5) is 45.8. The summed E-state index contributed by atoms with van der Waals surface area (Å²) < 4.78 is 34.4. The number of aromatic nitrogens is 2. The first-order chi connectivity index (χ1) is 26.2. The first kappa shape index (κ1) is 34.0. The molecule has 54 heavy (non-hydrogen) atoms. The van der Waals surface area contributed by atoms with E-state index in [4.69, 9.17) is 4.74 Å². The van der Waals surface area contributed by atoms with E-state index in [0.717, 1.165) is 67.9 Å². The van der Waals surface area contributed by atoms with Crippen LogP contribution in [0, 0.1) is 11.6 Å². The molecule has 0 aliphatic carbocycles. The molecule has 0 saturated carbocycles. The van der Waals surface area contributed by atoms with Gasteiger partial charge in [0.15, 0.2) is 17.4 Å². The molecule has 13 nitrogen and oxygen atoms in total. The number of rotatable bonds is 7. The second kappa shape index (κ2) is 13.5. The normalized spacial score (nSPS) is 22.4. The molecule has 5 aliphatic rings. The van der Waals surface area contributed by atoms with E-state index >= 15 is 0 Å². The molecule has 4 aromatic rings. The number of carbonyl (C=O) groups excluding carboxylic acids is 3. The number of ether oxygens (including phenoxy) is 1. The van der Waals surface area contributed by atoms with Crippen molar-refractivity contribution in [3.05, 3.63) is 89.0 Å². The minimum Gasteiger partial charge on any atom is -0.504 e. The topological polar surface area (TPSA) is 143 Å². The van der Waals surface area contributed by atoms with Crippen molar-refractivity contribution in [3.8, 4) is 22.8 Å². The molecule has 3 aromatic carbocycles. The number of hydrogen-bond donors (Lipinski definition) is 3. The number of hydrogen-bond acceptors (Lipinski definition) is 11. The fourth-order valence-corrected chi connectivity index (χ4v) is 8.31. The monoisotopic (exact) mass is 736 g/mol. The summed E-state index contributed by atoms with van der Waals surface area (Å²) >= 11 is 0. The predicted octanol–water partition coefficient (Wildman–Crippen LogP) is 3.66. The zero-order valence-electron chi connectivity index (χ0n) is 29.3. The summed E-state index contributed by atoms with van der Waals surface area (Å²) in [5.41, 5.74) is 4.55. The summed E-state index contributed by atoms with van der Waals surface area (Å²) in [5, 5.41) is 24.2. The van der Waals surface area contributed by atoms with Crippen molar-refractivity contribution in [1.82, 2.24) is 25.3 Å². The summed E-state index contributed by atoms with van der Waals surface area (Å²) in [7, 11) is 0. The lowest BCUT2D eigenvalue weighted by Gasteiger charge is -2.36. The Balaban J connectivity index is 0.784. The van der Waals surface area contributed by atoms with E-state index in [1.54, 1.807) is 11.0 Å². The van der Waals surface area contributed by atoms with Crippen LogP contribution in [0.25, 0.3) is 11.3 Å². The van der Waals surface area contributed by atoms with E-state index in [0.29, 0.717) is 43.5 Å². The second-order valence-corrected chi connectivity index (χ2v) is 14.6. The van der Waals surface area contributed by atoms with E-state index < -0.39 is 29.3 Å². The van der Waals surface area contributed by atoms with Gasteiger partial charge in [0.05, 0.1) is 24.0 Å². The van der Waals surface area contributed by atoms with Gasteiger partial charge in [-0.05, 0) is 53.9 Å². The first-order valence-electron chi connectivity index (χ1n) is 18.2. The molecule has 1 unspecified atom stereocenters. The zero-order chi connectivity index (χ0) is 37.1. The molecular weight excluding hydrogens is 698 g/mol. The summed E-state index contributed by atoms with van der Waals surface area (Å²) in [5.74, 6) is -2.06. The van der Waals surface area contributed by atoms with Gasteiger partial charge >= 0.3 is 0 Å². The fraction of sp³-hybridized carbons (Fsp3) is 0.359. The average molecular weight is 737 g/mol. The van der Waals surface area contributed by atoms with Crippen LogP contribution in [0.5, 0.6) is 11.5 Å². The number of nitrogens with one attached hydrogen (secondary N) is 2. The van der Waals surface area contributed by atoms with Crippen molar-refractivity contribution in [3.63, 3.8) is 0 Å². The maximum absolute atomic E-state index is 14.1. The van der Waals surface area contributed by atoms with Gasteiger partial charge in [-0.2, -0.15) is 0 Å². The average Bonchev–Trinajstić information content (AvgIpc) is 3.74. The number of fused-ring (bicyclic) bond motifs is 4. The van der Waals surface area contributed by atoms with Gasteiger partial charge in [0.2, 0.25) is 11.8 Å². The highest BCUT2D eigenvalue weighted by molar-refractivity contribution is 6.05. The van der Waals surface area contributed by atoms with Gasteiger partial charge < -0.3 is 29.9 Å². The van der Waals surface area contributed by atoms with Gasteiger partial charge in [-0.3, -0.25) is 24.6 Å². The lowest BCUT2D eigenvalue weighted by molar-refractivity contribution is -0.136. The third-order valence-corrected chi connectivity index (χ3v) is 11.2. The van der Waals surface area contributed by atoms with Crippen molar-refractivity contribution in [2.45, 2.75) is 50.5 Å². The Morgan fingerprint density at radius 2 is 1.72 bits per heavy atom. The number of imide groups is 1. The number of anilines is 3. The summed E-state index contributed by atoms with van der Waals surface area (Å²) in [6, 6.07) is 17.0. The van der Waals surface area contributed by atoms with Crippen LogP contribution in [-0.4, -0.2) is 100 Å². The zero-order valence-corrected chi connectivity index (χ0v) is 29.3. The highest BCUT2D eigenvalue weighted by Crippen LogP contribution is 2.40. The Labute approximate surface area is 309 Å². The number of halogens is 2. The Morgan fingerprint density at radius 1 is 0.907 bits per heavy atom.